The molecule has 0 atom stereocenters. The molecule has 118 valence electrons. The predicted molar refractivity (Wildman–Crippen MR) is 82.2 cm³/mol. The zero-order chi connectivity index (χ0) is 15.9. The Labute approximate surface area is 129 Å². The van der Waals surface area contributed by atoms with Gasteiger partial charge in [0, 0.05) is 18.9 Å². The molecule has 0 aliphatic heterocycles. The summed E-state index contributed by atoms with van der Waals surface area (Å²) in [5.41, 5.74) is 3.69. The summed E-state index contributed by atoms with van der Waals surface area (Å²) in [6.07, 6.45) is 4.51. The average molecular weight is 306 g/mol. The van der Waals surface area contributed by atoms with Crippen molar-refractivity contribution in [3.63, 3.8) is 0 Å². The third-order valence-corrected chi connectivity index (χ3v) is 3.37. The fourth-order valence-corrected chi connectivity index (χ4v) is 2.43. The molecule has 0 spiro atoms. The number of rotatable bonds is 7. The SMILES string of the molecule is Cc1cc(CNCCc2cccnc2)cc(C)c1OC(F)F. The monoisotopic (exact) mass is 306 g/mol. The number of hydrogen-bond acceptors (Lipinski definition) is 3. The van der Waals surface area contributed by atoms with Crippen LogP contribution in [0.3, 0.4) is 0 Å². The number of nitrogens with zero attached hydrogens (tertiary/aromatic N) is 1. The van der Waals surface area contributed by atoms with Crippen LogP contribution in [0.1, 0.15) is 22.3 Å². The van der Waals surface area contributed by atoms with E-state index in [2.05, 4.69) is 15.0 Å². The van der Waals surface area contributed by atoms with E-state index in [0.717, 1.165) is 29.7 Å². The molecule has 1 heterocycles. The third kappa shape index (κ3) is 4.77. The Morgan fingerprint density at radius 2 is 1.91 bits per heavy atom. The zero-order valence-corrected chi connectivity index (χ0v) is 12.8. The summed E-state index contributed by atoms with van der Waals surface area (Å²) in [4.78, 5) is 4.08. The summed E-state index contributed by atoms with van der Waals surface area (Å²) in [5.74, 6) is 0.272. The quantitative estimate of drug-likeness (QED) is 0.793. The molecule has 0 radical (unpaired) electrons. The van der Waals surface area contributed by atoms with E-state index in [9.17, 15) is 8.78 Å². The van der Waals surface area contributed by atoms with Crippen molar-refractivity contribution in [1.82, 2.24) is 10.3 Å². The number of aryl methyl sites for hydroxylation is 2. The topological polar surface area (TPSA) is 34.2 Å². The molecule has 0 saturated heterocycles. The molecule has 1 aromatic heterocycles. The minimum absolute atomic E-state index is 0.272. The van der Waals surface area contributed by atoms with Gasteiger partial charge in [0.25, 0.3) is 0 Å². The molecule has 0 aliphatic rings. The Morgan fingerprint density at radius 3 is 2.50 bits per heavy atom. The van der Waals surface area contributed by atoms with Crippen molar-refractivity contribution in [2.75, 3.05) is 6.54 Å². The van der Waals surface area contributed by atoms with Crippen molar-refractivity contribution in [2.24, 2.45) is 0 Å². The summed E-state index contributed by atoms with van der Waals surface area (Å²) in [5, 5.41) is 3.35. The highest BCUT2D eigenvalue weighted by molar-refractivity contribution is 5.43. The number of halogens is 2. The van der Waals surface area contributed by atoms with Crippen molar-refractivity contribution in [1.29, 1.82) is 0 Å². The van der Waals surface area contributed by atoms with E-state index in [1.807, 2.05) is 30.5 Å². The minimum atomic E-state index is -2.79. The first-order valence-electron chi connectivity index (χ1n) is 7.21. The molecule has 0 bridgehead atoms. The van der Waals surface area contributed by atoms with Gasteiger partial charge in [-0.15, -0.1) is 0 Å². The summed E-state index contributed by atoms with van der Waals surface area (Å²) in [6.45, 7) is 2.30. The lowest BCUT2D eigenvalue weighted by Gasteiger charge is -2.13. The van der Waals surface area contributed by atoms with E-state index in [1.165, 1.54) is 5.56 Å². The van der Waals surface area contributed by atoms with Crippen LogP contribution in [0.15, 0.2) is 36.7 Å². The van der Waals surface area contributed by atoms with Gasteiger partial charge in [-0.05, 0) is 55.1 Å². The Morgan fingerprint density at radius 1 is 1.18 bits per heavy atom. The van der Waals surface area contributed by atoms with Crippen LogP contribution in [0.25, 0.3) is 0 Å². The maximum atomic E-state index is 12.4. The summed E-state index contributed by atoms with van der Waals surface area (Å²) >= 11 is 0. The molecule has 1 N–H and O–H groups in total. The summed E-state index contributed by atoms with van der Waals surface area (Å²) in [7, 11) is 0. The van der Waals surface area contributed by atoms with Crippen LogP contribution in [0.5, 0.6) is 5.75 Å². The van der Waals surface area contributed by atoms with Crippen LogP contribution >= 0.6 is 0 Å². The van der Waals surface area contributed by atoms with Crippen LogP contribution in [-0.2, 0) is 13.0 Å². The number of ether oxygens (including phenoxy) is 1. The van der Waals surface area contributed by atoms with Crippen molar-refractivity contribution < 1.29 is 13.5 Å². The highest BCUT2D eigenvalue weighted by Gasteiger charge is 2.11. The van der Waals surface area contributed by atoms with Gasteiger partial charge in [-0.3, -0.25) is 4.98 Å². The van der Waals surface area contributed by atoms with Crippen LogP contribution in [0, 0.1) is 13.8 Å². The molecule has 2 rings (SSSR count). The normalized spacial score (nSPS) is 11.0. The summed E-state index contributed by atoms with van der Waals surface area (Å²) in [6, 6.07) is 7.72. The van der Waals surface area contributed by atoms with Crippen molar-refractivity contribution in [2.45, 2.75) is 33.4 Å². The van der Waals surface area contributed by atoms with E-state index in [1.54, 1.807) is 20.0 Å². The van der Waals surface area contributed by atoms with Crippen molar-refractivity contribution in [3.8, 4) is 5.75 Å². The Balaban J connectivity index is 1.88. The molecule has 1 aromatic carbocycles. The van der Waals surface area contributed by atoms with Crippen LogP contribution in [-0.4, -0.2) is 18.1 Å². The Bertz CT molecular complexity index is 580. The van der Waals surface area contributed by atoms with E-state index < -0.39 is 6.61 Å². The third-order valence-electron chi connectivity index (χ3n) is 3.37. The number of nitrogens with one attached hydrogen (secondary N) is 1. The smallest absolute Gasteiger partial charge is 0.387 e. The fraction of sp³-hybridized carbons (Fsp3) is 0.353. The Kier molecular flexibility index (Phi) is 5.83. The molecular weight excluding hydrogens is 286 g/mol. The van der Waals surface area contributed by atoms with Gasteiger partial charge in [-0.1, -0.05) is 18.2 Å². The van der Waals surface area contributed by atoms with E-state index >= 15 is 0 Å². The second-order valence-corrected chi connectivity index (χ2v) is 5.23. The molecule has 0 fully saturated rings. The van der Waals surface area contributed by atoms with Gasteiger partial charge in [0.15, 0.2) is 0 Å². The molecule has 0 unspecified atom stereocenters. The number of benzene rings is 1. The van der Waals surface area contributed by atoms with Gasteiger partial charge in [0.05, 0.1) is 0 Å². The molecule has 0 aliphatic carbocycles. The fourth-order valence-electron chi connectivity index (χ4n) is 2.43. The molecule has 0 amide bonds. The maximum Gasteiger partial charge on any atom is 0.387 e. The predicted octanol–water partition coefficient (Wildman–Crippen LogP) is 3.63. The first-order valence-corrected chi connectivity index (χ1v) is 7.21. The van der Waals surface area contributed by atoms with Gasteiger partial charge >= 0.3 is 6.61 Å². The number of pyridine rings is 1. The molecular formula is C17H20F2N2O. The van der Waals surface area contributed by atoms with E-state index in [0.29, 0.717) is 6.54 Å². The van der Waals surface area contributed by atoms with Gasteiger partial charge in [0.1, 0.15) is 5.75 Å². The maximum absolute atomic E-state index is 12.4. The van der Waals surface area contributed by atoms with Crippen LogP contribution in [0.2, 0.25) is 0 Å². The van der Waals surface area contributed by atoms with Gasteiger partial charge in [-0.25, -0.2) is 0 Å². The van der Waals surface area contributed by atoms with E-state index in [4.69, 9.17) is 0 Å². The lowest BCUT2D eigenvalue weighted by atomic mass is 10.1. The first kappa shape index (κ1) is 16.4. The van der Waals surface area contributed by atoms with Crippen molar-refractivity contribution in [3.05, 3.63) is 58.9 Å². The van der Waals surface area contributed by atoms with Gasteiger partial charge < -0.3 is 10.1 Å². The molecule has 0 saturated carbocycles. The molecule has 3 nitrogen and oxygen atoms in total. The highest BCUT2D eigenvalue weighted by Crippen LogP contribution is 2.26. The number of hydrogen-bond donors (Lipinski definition) is 1. The second kappa shape index (κ2) is 7.84. The molecule has 22 heavy (non-hydrogen) atoms. The minimum Gasteiger partial charge on any atom is -0.434 e. The van der Waals surface area contributed by atoms with Gasteiger partial charge in [-0.2, -0.15) is 8.78 Å². The van der Waals surface area contributed by atoms with Crippen LogP contribution < -0.4 is 10.1 Å². The van der Waals surface area contributed by atoms with E-state index in [-0.39, 0.29) is 5.75 Å². The number of aromatic nitrogens is 1. The lowest BCUT2D eigenvalue weighted by Crippen LogP contribution is -2.17. The summed E-state index contributed by atoms with van der Waals surface area (Å²) < 4.78 is 29.3. The lowest BCUT2D eigenvalue weighted by molar-refractivity contribution is -0.0507. The molecule has 2 aromatic rings. The average Bonchev–Trinajstić information content (AvgIpc) is 2.48. The largest absolute Gasteiger partial charge is 0.434 e. The van der Waals surface area contributed by atoms with Crippen molar-refractivity contribution >= 4 is 0 Å². The van der Waals surface area contributed by atoms with Gasteiger partial charge in [0.2, 0.25) is 0 Å². The zero-order valence-electron chi connectivity index (χ0n) is 12.8. The second-order valence-electron chi connectivity index (χ2n) is 5.23. The molecule has 5 heteroatoms. The van der Waals surface area contributed by atoms with Crippen LogP contribution in [0.4, 0.5) is 8.78 Å². The standard InChI is InChI=1S/C17H20F2N2O/c1-12-8-15(9-13(2)16(12)22-17(18)19)11-21-7-5-14-4-3-6-20-10-14/h3-4,6,8-10,17,21H,5,7,11H2,1-2H3. The Hall–Kier alpha value is -2.01. The number of alkyl halides is 2. The highest BCUT2D eigenvalue weighted by atomic mass is 19.3. The first-order chi connectivity index (χ1) is 10.6.